The van der Waals surface area contributed by atoms with Gasteiger partial charge in [-0.2, -0.15) is 0 Å². The van der Waals surface area contributed by atoms with Crippen molar-refractivity contribution in [1.29, 1.82) is 0 Å². The maximum atomic E-state index is 13.8. The quantitative estimate of drug-likeness (QED) is 0.654. The van der Waals surface area contributed by atoms with E-state index < -0.39 is 23.5 Å². The van der Waals surface area contributed by atoms with Crippen molar-refractivity contribution in [1.82, 2.24) is 9.97 Å². The first-order chi connectivity index (χ1) is 13.5. The minimum atomic E-state index is -0.809. The van der Waals surface area contributed by atoms with Crippen molar-refractivity contribution in [3.63, 3.8) is 0 Å². The highest BCUT2D eigenvalue weighted by Crippen LogP contribution is 2.20. The second kappa shape index (κ2) is 8.21. The van der Waals surface area contributed by atoms with Gasteiger partial charge in [-0.1, -0.05) is 12.1 Å². The van der Waals surface area contributed by atoms with E-state index in [0.29, 0.717) is 0 Å². The van der Waals surface area contributed by atoms with Crippen LogP contribution in [0.25, 0.3) is 0 Å². The summed E-state index contributed by atoms with van der Waals surface area (Å²) in [5.41, 5.74) is 0.387. The highest BCUT2D eigenvalue weighted by atomic mass is 19.1. The van der Waals surface area contributed by atoms with Gasteiger partial charge in [-0.3, -0.25) is 4.79 Å². The Morgan fingerprint density at radius 1 is 1.00 bits per heavy atom. The van der Waals surface area contributed by atoms with Crippen LogP contribution in [0.5, 0.6) is 0 Å². The van der Waals surface area contributed by atoms with Crippen LogP contribution >= 0.6 is 0 Å². The molecule has 28 heavy (non-hydrogen) atoms. The molecule has 0 radical (unpaired) electrons. The van der Waals surface area contributed by atoms with Crippen LogP contribution in [0.3, 0.4) is 0 Å². The van der Waals surface area contributed by atoms with E-state index in [2.05, 4.69) is 25.3 Å². The molecule has 0 saturated heterocycles. The van der Waals surface area contributed by atoms with Gasteiger partial charge in [-0.05, 0) is 24.3 Å². The van der Waals surface area contributed by atoms with E-state index in [4.69, 9.17) is 0 Å². The Morgan fingerprint density at radius 2 is 1.79 bits per heavy atom. The number of carbonyl (C=O) groups is 2. The highest BCUT2D eigenvalue weighted by Gasteiger charge is 2.16. The number of ether oxygens (including phenoxy) is 1. The monoisotopic (exact) mass is 384 g/mol. The molecule has 3 aromatic rings. The van der Waals surface area contributed by atoms with Gasteiger partial charge in [0, 0.05) is 12.1 Å². The Hall–Kier alpha value is -3.88. The third-order valence-electron chi connectivity index (χ3n) is 3.67. The summed E-state index contributed by atoms with van der Waals surface area (Å²) in [6.07, 6.45) is 1.12. The third-order valence-corrected chi connectivity index (χ3v) is 3.67. The summed E-state index contributed by atoms with van der Waals surface area (Å²) in [4.78, 5) is 32.1. The van der Waals surface area contributed by atoms with Gasteiger partial charge in [0.2, 0.25) is 0 Å². The largest absolute Gasteiger partial charge is 0.465 e. The summed E-state index contributed by atoms with van der Waals surface area (Å²) in [5.74, 6) is -2.60. The highest BCUT2D eigenvalue weighted by molar-refractivity contribution is 6.07. The minimum Gasteiger partial charge on any atom is -0.465 e. The fourth-order valence-corrected chi connectivity index (χ4v) is 2.35. The normalized spacial score (nSPS) is 10.2. The van der Waals surface area contributed by atoms with Gasteiger partial charge in [0.1, 0.15) is 29.5 Å². The van der Waals surface area contributed by atoms with Crippen LogP contribution in [-0.2, 0) is 4.74 Å². The number of methoxy groups -OCH3 is 1. The Morgan fingerprint density at radius 3 is 2.54 bits per heavy atom. The summed E-state index contributed by atoms with van der Waals surface area (Å²) < 4.78 is 31.4. The molecule has 0 aliphatic heterocycles. The molecular weight excluding hydrogens is 370 g/mol. The zero-order chi connectivity index (χ0) is 20.1. The molecule has 0 spiro atoms. The molecule has 0 bridgehead atoms. The van der Waals surface area contributed by atoms with E-state index in [9.17, 15) is 18.4 Å². The molecular formula is C19H14F2N4O3. The lowest BCUT2D eigenvalue weighted by molar-refractivity contribution is 0.0602. The third kappa shape index (κ3) is 4.26. The van der Waals surface area contributed by atoms with Crippen molar-refractivity contribution in [3.05, 3.63) is 77.8 Å². The van der Waals surface area contributed by atoms with E-state index in [1.165, 1.54) is 25.3 Å². The van der Waals surface area contributed by atoms with Gasteiger partial charge in [0.25, 0.3) is 5.91 Å². The molecule has 3 rings (SSSR count). The Balaban J connectivity index is 1.81. The van der Waals surface area contributed by atoms with Crippen LogP contribution in [0.1, 0.15) is 20.8 Å². The standard InChI is InChI=1S/C19H14F2N4O3/c1-28-19(27)12-4-2-3-5-14(12)25-18(26)16-9-17(23-10-22-16)24-15-7-6-11(20)8-13(15)21/h2-10H,1H3,(H,25,26)(H,22,23,24). The van der Waals surface area contributed by atoms with Gasteiger partial charge in [0.15, 0.2) is 0 Å². The summed E-state index contributed by atoms with van der Waals surface area (Å²) in [6.45, 7) is 0. The van der Waals surface area contributed by atoms with Crippen molar-refractivity contribution < 1.29 is 23.1 Å². The molecule has 0 aliphatic rings. The number of nitrogens with one attached hydrogen (secondary N) is 2. The van der Waals surface area contributed by atoms with Crippen LogP contribution < -0.4 is 10.6 Å². The topological polar surface area (TPSA) is 93.2 Å². The number of hydrogen-bond donors (Lipinski definition) is 2. The second-order valence-electron chi connectivity index (χ2n) is 5.53. The molecule has 0 unspecified atom stereocenters. The van der Waals surface area contributed by atoms with Gasteiger partial charge in [-0.25, -0.2) is 23.5 Å². The van der Waals surface area contributed by atoms with Crippen molar-refractivity contribution in [2.45, 2.75) is 0 Å². The fraction of sp³-hybridized carbons (Fsp3) is 0.0526. The first kappa shape index (κ1) is 18.9. The van der Waals surface area contributed by atoms with Crippen molar-refractivity contribution >= 4 is 29.1 Å². The lowest BCUT2D eigenvalue weighted by Gasteiger charge is -2.10. The van der Waals surface area contributed by atoms with Crippen LogP contribution in [0.15, 0.2) is 54.9 Å². The van der Waals surface area contributed by atoms with Gasteiger partial charge in [0.05, 0.1) is 24.0 Å². The lowest BCUT2D eigenvalue weighted by Crippen LogP contribution is -2.17. The van der Waals surface area contributed by atoms with E-state index >= 15 is 0 Å². The predicted molar refractivity (Wildman–Crippen MR) is 97.4 cm³/mol. The zero-order valence-electron chi connectivity index (χ0n) is 14.6. The number of halogens is 2. The van der Waals surface area contributed by atoms with E-state index in [1.807, 2.05) is 0 Å². The van der Waals surface area contributed by atoms with Crippen molar-refractivity contribution in [3.8, 4) is 0 Å². The SMILES string of the molecule is COC(=O)c1ccccc1NC(=O)c1cc(Nc2ccc(F)cc2F)ncn1. The lowest BCUT2D eigenvalue weighted by atomic mass is 10.1. The number of aromatic nitrogens is 2. The van der Waals surface area contributed by atoms with Crippen LogP contribution in [0.2, 0.25) is 0 Å². The zero-order valence-corrected chi connectivity index (χ0v) is 14.6. The molecule has 2 aromatic carbocycles. The van der Waals surface area contributed by atoms with Gasteiger partial charge < -0.3 is 15.4 Å². The summed E-state index contributed by atoms with van der Waals surface area (Å²) in [5, 5.41) is 5.22. The maximum Gasteiger partial charge on any atom is 0.339 e. The molecule has 7 nitrogen and oxygen atoms in total. The number of hydrogen-bond acceptors (Lipinski definition) is 6. The first-order valence-electron chi connectivity index (χ1n) is 8.00. The molecule has 1 aromatic heterocycles. The Kier molecular flexibility index (Phi) is 5.54. The fourth-order valence-electron chi connectivity index (χ4n) is 2.35. The predicted octanol–water partition coefficient (Wildman–Crippen LogP) is 3.54. The van der Waals surface area contributed by atoms with Crippen molar-refractivity contribution in [2.24, 2.45) is 0 Å². The Bertz CT molecular complexity index is 1040. The molecule has 1 amide bonds. The molecule has 0 saturated carbocycles. The molecule has 0 fully saturated rings. The number of benzene rings is 2. The molecule has 9 heteroatoms. The summed E-state index contributed by atoms with van der Waals surface area (Å²) in [7, 11) is 1.23. The van der Waals surface area contributed by atoms with E-state index in [1.54, 1.807) is 18.2 Å². The van der Waals surface area contributed by atoms with Crippen molar-refractivity contribution in [2.75, 3.05) is 17.7 Å². The number of rotatable bonds is 5. The number of amides is 1. The van der Waals surface area contributed by atoms with Gasteiger partial charge >= 0.3 is 5.97 Å². The maximum absolute atomic E-state index is 13.8. The van der Waals surface area contributed by atoms with Gasteiger partial charge in [-0.15, -0.1) is 0 Å². The number of para-hydroxylation sites is 1. The summed E-state index contributed by atoms with van der Waals surface area (Å²) in [6, 6.07) is 10.6. The molecule has 0 aliphatic carbocycles. The number of carbonyl (C=O) groups excluding carboxylic acids is 2. The average Bonchev–Trinajstić information content (AvgIpc) is 2.70. The van der Waals surface area contributed by atoms with E-state index in [-0.39, 0.29) is 28.5 Å². The molecule has 0 atom stereocenters. The smallest absolute Gasteiger partial charge is 0.339 e. The first-order valence-corrected chi connectivity index (χ1v) is 8.00. The average molecular weight is 384 g/mol. The Labute approximate surface area is 158 Å². The molecule has 142 valence electrons. The summed E-state index contributed by atoms with van der Waals surface area (Å²) >= 11 is 0. The number of nitrogens with zero attached hydrogens (tertiary/aromatic N) is 2. The second-order valence-corrected chi connectivity index (χ2v) is 5.53. The van der Waals surface area contributed by atoms with E-state index in [0.717, 1.165) is 18.5 Å². The number of anilines is 3. The molecule has 2 N–H and O–H groups in total. The molecule has 1 heterocycles. The number of esters is 1. The van der Waals surface area contributed by atoms with Crippen LogP contribution in [0.4, 0.5) is 26.0 Å². The van der Waals surface area contributed by atoms with Crippen LogP contribution in [0, 0.1) is 11.6 Å². The van der Waals surface area contributed by atoms with Crippen LogP contribution in [-0.4, -0.2) is 29.0 Å². The minimum absolute atomic E-state index is 0.0116.